The van der Waals surface area contributed by atoms with Crippen LogP contribution in [-0.4, -0.2) is 36.1 Å². The van der Waals surface area contributed by atoms with Gasteiger partial charge in [0.25, 0.3) is 5.91 Å². The Hall–Kier alpha value is -2.77. The minimum atomic E-state index is -1.45. The van der Waals surface area contributed by atoms with Gasteiger partial charge in [-0.1, -0.05) is 5.16 Å². The van der Waals surface area contributed by atoms with Crippen molar-refractivity contribution in [1.82, 2.24) is 10.1 Å². The van der Waals surface area contributed by atoms with Crippen molar-refractivity contribution in [2.75, 3.05) is 14.2 Å². The van der Waals surface area contributed by atoms with E-state index >= 15 is 0 Å². The molecule has 0 N–H and O–H groups in total. The molecule has 128 valence electrons. The number of halogens is 2. The number of aryl methyl sites for hydroxylation is 2. The van der Waals surface area contributed by atoms with Crippen molar-refractivity contribution >= 4 is 11.9 Å². The summed E-state index contributed by atoms with van der Waals surface area (Å²) in [5.41, 5.74) is 0.181. The third-order valence-electron chi connectivity index (χ3n) is 3.63. The van der Waals surface area contributed by atoms with Crippen LogP contribution in [0.3, 0.4) is 0 Å². The molecule has 0 aliphatic heterocycles. The summed E-state index contributed by atoms with van der Waals surface area (Å²) < 4.78 is 37.2. The number of amides is 1. The first-order valence-electron chi connectivity index (χ1n) is 7.00. The van der Waals surface area contributed by atoms with E-state index < -0.39 is 29.6 Å². The number of carbonyl (C=O) groups excluding carboxylic acids is 2. The Morgan fingerprint density at radius 2 is 1.96 bits per heavy atom. The van der Waals surface area contributed by atoms with Gasteiger partial charge in [-0.2, -0.15) is 0 Å². The topological polar surface area (TPSA) is 72.6 Å². The lowest BCUT2D eigenvalue weighted by Crippen LogP contribution is -2.37. The molecular formula is C16H16F2N2O4. The number of ether oxygens (including phenoxy) is 1. The first-order chi connectivity index (χ1) is 11.3. The molecule has 0 unspecified atom stereocenters. The fourth-order valence-corrected chi connectivity index (χ4v) is 2.41. The van der Waals surface area contributed by atoms with Crippen LogP contribution >= 0.6 is 0 Å². The van der Waals surface area contributed by atoms with Crippen molar-refractivity contribution < 1.29 is 27.6 Å². The summed E-state index contributed by atoms with van der Waals surface area (Å²) in [5, 5.41) is 3.68. The third-order valence-corrected chi connectivity index (χ3v) is 3.63. The summed E-state index contributed by atoms with van der Waals surface area (Å²) in [4.78, 5) is 25.8. The Labute approximate surface area is 137 Å². The van der Waals surface area contributed by atoms with Gasteiger partial charge in [0.05, 0.1) is 12.8 Å². The Kier molecular flexibility index (Phi) is 4.96. The monoisotopic (exact) mass is 338 g/mol. The number of rotatable bonds is 4. The van der Waals surface area contributed by atoms with Crippen molar-refractivity contribution in [1.29, 1.82) is 0 Å². The molecule has 0 fully saturated rings. The van der Waals surface area contributed by atoms with Crippen LogP contribution in [0.2, 0.25) is 0 Å². The molecule has 8 heteroatoms. The van der Waals surface area contributed by atoms with Crippen LogP contribution in [0.5, 0.6) is 0 Å². The Morgan fingerprint density at radius 1 is 1.29 bits per heavy atom. The molecule has 0 spiro atoms. The minimum Gasteiger partial charge on any atom is -0.467 e. The van der Waals surface area contributed by atoms with Crippen LogP contribution < -0.4 is 0 Å². The van der Waals surface area contributed by atoms with Gasteiger partial charge in [0.15, 0.2) is 6.04 Å². The van der Waals surface area contributed by atoms with Crippen LogP contribution in [0.4, 0.5) is 8.78 Å². The first kappa shape index (κ1) is 17.6. The maximum Gasteiger partial charge on any atom is 0.333 e. The standard InChI is InChI=1S/C16H16F2N2O4/c1-8-13(9(2)24-19-8)15(21)20(3)14(16(22)23-4)11-7-10(17)5-6-12(11)18/h5-7,14H,1-4H3/t14-/m0/s1. The van der Waals surface area contributed by atoms with Gasteiger partial charge in [0, 0.05) is 12.6 Å². The van der Waals surface area contributed by atoms with Crippen LogP contribution in [0.15, 0.2) is 22.7 Å². The summed E-state index contributed by atoms with van der Waals surface area (Å²) in [6.07, 6.45) is 0. The van der Waals surface area contributed by atoms with E-state index in [0.717, 1.165) is 30.2 Å². The zero-order valence-corrected chi connectivity index (χ0v) is 13.6. The Bertz CT molecular complexity index is 769. The lowest BCUT2D eigenvalue weighted by atomic mass is 10.0. The molecule has 2 aromatic rings. The Balaban J connectivity index is 2.50. The minimum absolute atomic E-state index is 0.156. The molecule has 1 amide bonds. The fourth-order valence-electron chi connectivity index (χ4n) is 2.41. The quantitative estimate of drug-likeness (QED) is 0.801. The summed E-state index contributed by atoms with van der Waals surface area (Å²) in [5.74, 6) is -2.83. The zero-order valence-electron chi connectivity index (χ0n) is 13.6. The Morgan fingerprint density at radius 3 is 2.50 bits per heavy atom. The molecule has 2 rings (SSSR count). The van der Waals surface area contributed by atoms with E-state index in [-0.39, 0.29) is 16.9 Å². The molecule has 1 atom stereocenters. The van der Waals surface area contributed by atoms with E-state index in [9.17, 15) is 18.4 Å². The highest BCUT2D eigenvalue weighted by atomic mass is 19.1. The van der Waals surface area contributed by atoms with E-state index in [2.05, 4.69) is 9.89 Å². The normalized spacial score (nSPS) is 11.9. The van der Waals surface area contributed by atoms with Crippen molar-refractivity contribution in [3.8, 4) is 0 Å². The molecule has 0 bridgehead atoms. The molecular weight excluding hydrogens is 322 g/mol. The highest BCUT2D eigenvalue weighted by Gasteiger charge is 2.34. The van der Waals surface area contributed by atoms with Crippen LogP contribution in [0, 0.1) is 25.5 Å². The van der Waals surface area contributed by atoms with Gasteiger partial charge in [0.2, 0.25) is 0 Å². The summed E-state index contributed by atoms with van der Waals surface area (Å²) in [6.45, 7) is 3.10. The average molecular weight is 338 g/mol. The number of esters is 1. The first-order valence-corrected chi connectivity index (χ1v) is 7.00. The van der Waals surface area contributed by atoms with E-state index in [1.54, 1.807) is 6.92 Å². The highest BCUT2D eigenvalue weighted by molar-refractivity contribution is 5.98. The van der Waals surface area contributed by atoms with E-state index in [0.29, 0.717) is 5.69 Å². The summed E-state index contributed by atoms with van der Waals surface area (Å²) in [6, 6.07) is 1.21. The van der Waals surface area contributed by atoms with E-state index in [1.807, 2.05) is 0 Å². The van der Waals surface area contributed by atoms with Crippen molar-refractivity contribution in [3.63, 3.8) is 0 Å². The molecule has 0 saturated heterocycles. The van der Waals surface area contributed by atoms with Gasteiger partial charge in [-0.05, 0) is 32.0 Å². The number of nitrogens with zero attached hydrogens (tertiary/aromatic N) is 2. The van der Waals surface area contributed by atoms with Crippen LogP contribution in [0.25, 0.3) is 0 Å². The number of hydrogen-bond donors (Lipinski definition) is 0. The van der Waals surface area contributed by atoms with Gasteiger partial charge in [0.1, 0.15) is 23.0 Å². The van der Waals surface area contributed by atoms with Crippen molar-refractivity contribution in [2.24, 2.45) is 0 Å². The van der Waals surface area contributed by atoms with Crippen LogP contribution in [-0.2, 0) is 9.53 Å². The second-order valence-corrected chi connectivity index (χ2v) is 5.21. The second kappa shape index (κ2) is 6.77. The SMILES string of the molecule is COC(=O)[C@H](c1cc(F)ccc1F)N(C)C(=O)c1c(C)noc1C. The molecule has 0 saturated carbocycles. The third kappa shape index (κ3) is 3.12. The molecule has 0 aliphatic carbocycles. The molecule has 1 aromatic heterocycles. The number of hydrogen-bond acceptors (Lipinski definition) is 5. The number of benzene rings is 1. The summed E-state index contributed by atoms with van der Waals surface area (Å²) in [7, 11) is 2.39. The zero-order chi connectivity index (χ0) is 18.0. The smallest absolute Gasteiger partial charge is 0.333 e. The highest BCUT2D eigenvalue weighted by Crippen LogP contribution is 2.27. The maximum atomic E-state index is 14.1. The predicted molar refractivity (Wildman–Crippen MR) is 79.2 cm³/mol. The second-order valence-electron chi connectivity index (χ2n) is 5.21. The molecule has 1 aromatic carbocycles. The van der Waals surface area contributed by atoms with Crippen LogP contribution in [0.1, 0.15) is 33.4 Å². The maximum absolute atomic E-state index is 14.1. The predicted octanol–water partition coefficient (Wildman–Crippen LogP) is 2.56. The van der Waals surface area contributed by atoms with Crippen molar-refractivity contribution in [3.05, 3.63) is 52.4 Å². The van der Waals surface area contributed by atoms with E-state index in [4.69, 9.17) is 4.52 Å². The molecule has 0 radical (unpaired) electrons. The van der Waals surface area contributed by atoms with E-state index in [1.165, 1.54) is 14.0 Å². The number of methoxy groups -OCH3 is 1. The van der Waals surface area contributed by atoms with Gasteiger partial charge in [-0.3, -0.25) is 4.79 Å². The van der Waals surface area contributed by atoms with Gasteiger partial charge < -0.3 is 14.2 Å². The molecule has 24 heavy (non-hydrogen) atoms. The largest absolute Gasteiger partial charge is 0.467 e. The lowest BCUT2D eigenvalue weighted by Gasteiger charge is -2.26. The number of likely N-dealkylation sites (N-methyl/N-ethyl adjacent to an activating group) is 1. The fraction of sp³-hybridized carbons (Fsp3) is 0.312. The number of carbonyl (C=O) groups is 2. The molecule has 1 heterocycles. The van der Waals surface area contributed by atoms with Crippen molar-refractivity contribution in [2.45, 2.75) is 19.9 Å². The van der Waals surface area contributed by atoms with Gasteiger partial charge in [-0.25, -0.2) is 13.6 Å². The molecule has 6 nitrogen and oxygen atoms in total. The van der Waals surface area contributed by atoms with Gasteiger partial charge >= 0.3 is 5.97 Å². The lowest BCUT2D eigenvalue weighted by molar-refractivity contribution is -0.146. The average Bonchev–Trinajstić information content (AvgIpc) is 2.88. The summed E-state index contributed by atoms with van der Waals surface area (Å²) >= 11 is 0. The van der Waals surface area contributed by atoms with Gasteiger partial charge in [-0.15, -0.1) is 0 Å². The number of aromatic nitrogens is 1. The molecule has 0 aliphatic rings.